The number of hydrogen-bond acceptors (Lipinski definition) is 5. The van der Waals surface area contributed by atoms with Crippen LogP contribution in [0.5, 0.6) is 0 Å². The molecule has 0 radical (unpaired) electrons. The Kier molecular flexibility index (Phi) is 12.4. The number of hydrogen-bond donors (Lipinski definition) is 1. The Bertz CT molecular complexity index is 693. The van der Waals surface area contributed by atoms with E-state index < -0.39 is 6.10 Å². The van der Waals surface area contributed by atoms with Gasteiger partial charge in [0.1, 0.15) is 0 Å². The summed E-state index contributed by atoms with van der Waals surface area (Å²) in [5.74, 6) is 0.115. The van der Waals surface area contributed by atoms with Crippen molar-refractivity contribution in [3.63, 3.8) is 0 Å². The fourth-order valence-electron chi connectivity index (χ4n) is 4.43. The molecule has 2 atom stereocenters. The Balaban J connectivity index is 1.68. The van der Waals surface area contributed by atoms with E-state index in [0.29, 0.717) is 38.9 Å². The van der Waals surface area contributed by atoms with E-state index in [1.807, 2.05) is 17.9 Å². The molecule has 1 unspecified atom stereocenters. The van der Waals surface area contributed by atoms with Crippen LogP contribution in [0.25, 0.3) is 0 Å². The van der Waals surface area contributed by atoms with Crippen LogP contribution in [0.15, 0.2) is 24.3 Å². The number of ether oxygens (including phenoxy) is 2. The van der Waals surface area contributed by atoms with Gasteiger partial charge in [-0.25, -0.2) is 0 Å². The van der Waals surface area contributed by atoms with Gasteiger partial charge in [-0.2, -0.15) is 0 Å². The lowest BCUT2D eigenvalue weighted by Crippen LogP contribution is -2.34. The molecule has 2 rings (SSSR count). The quantitative estimate of drug-likeness (QED) is 0.305. The van der Waals surface area contributed by atoms with E-state index in [0.717, 1.165) is 57.1 Å². The molecule has 1 saturated heterocycles. The summed E-state index contributed by atoms with van der Waals surface area (Å²) in [5, 5.41) is 10.6. The number of unbranched alkanes of at least 4 members (excludes halogenated alkanes) is 3. The first kappa shape index (κ1) is 26.3. The van der Waals surface area contributed by atoms with Crippen LogP contribution in [-0.4, -0.2) is 60.9 Å². The summed E-state index contributed by atoms with van der Waals surface area (Å²) in [5.41, 5.74) is 2.37. The van der Waals surface area contributed by atoms with Gasteiger partial charge in [0.2, 0.25) is 5.91 Å². The van der Waals surface area contributed by atoms with Gasteiger partial charge in [-0.15, -0.1) is 0 Å². The van der Waals surface area contributed by atoms with E-state index in [9.17, 15) is 14.7 Å². The summed E-state index contributed by atoms with van der Waals surface area (Å²) < 4.78 is 10.1. The molecule has 1 heterocycles. The Morgan fingerprint density at radius 2 is 2.00 bits per heavy atom. The fourth-order valence-corrected chi connectivity index (χ4v) is 4.43. The first-order chi connectivity index (χ1) is 15.5. The molecule has 1 N–H and O–H groups in total. The van der Waals surface area contributed by atoms with Crippen LogP contribution in [0.3, 0.4) is 0 Å². The van der Waals surface area contributed by atoms with Crippen molar-refractivity contribution in [3.05, 3.63) is 35.4 Å². The van der Waals surface area contributed by atoms with Crippen LogP contribution in [0.4, 0.5) is 0 Å². The molecule has 1 aliphatic rings. The van der Waals surface area contributed by atoms with Gasteiger partial charge < -0.3 is 19.5 Å². The van der Waals surface area contributed by atoms with E-state index in [-0.39, 0.29) is 17.9 Å². The first-order valence-electron chi connectivity index (χ1n) is 12.2. The normalized spacial score (nSPS) is 17.0. The van der Waals surface area contributed by atoms with E-state index in [1.165, 1.54) is 5.56 Å². The van der Waals surface area contributed by atoms with Crippen molar-refractivity contribution in [2.45, 2.75) is 89.7 Å². The Morgan fingerprint density at radius 1 is 1.22 bits per heavy atom. The molecule has 180 valence electrons. The van der Waals surface area contributed by atoms with Gasteiger partial charge in [0.15, 0.2) is 0 Å². The number of likely N-dealkylation sites (tertiary alicyclic amines) is 1. The maximum absolute atomic E-state index is 12.3. The van der Waals surface area contributed by atoms with Crippen molar-refractivity contribution in [1.29, 1.82) is 0 Å². The summed E-state index contributed by atoms with van der Waals surface area (Å²) in [6, 6.07) is 8.58. The van der Waals surface area contributed by atoms with Crippen LogP contribution in [0.1, 0.15) is 75.8 Å². The number of esters is 1. The third-order valence-electron chi connectivity index (χ3n) is 6.18. The smallest absolute Gasteiger partial charge is 0.305 e. The van der Waals surface area contributed by atoms with E-state index in [4.69, 9.17) is 9.47 Å². The molecular weight excluding hydrogens is 406 g/mol. The monoisotopic (exact) mass is 447 g/mol. The van der Waals surface area contributed by atoms with Crippen molar-refractivity contribution in [2.75, 3.05) is 26.9 Å². The summed E-state index contributed by atoms with van der Waals surface area (Å²) in [6.07, 6.45) is 8.45. The van der Waals surface area contributed by atoms with Crippen LogP contribution in [0, 0.1) is 0 Å². The van der Waals surface area contributed by atoms with Crippen molar-refractivity contribution < 1.29 is 24.2 Å². The maximum Gasteiger partial charge on any atom is 0.305 e. The Labute approximate surface area is 193 Å². The molecule has 0 bridgehead atoms. The molecule has 0 aromatic heterocycles. The molecule has 1 aromatic rings. The Hall–Kier alpha value is -1.92. The summed E-state index contributed by atoms with van der Waals surface area (Å²) in [7, 11) is 1.71. The predicted octanol–water partition coefficient (Wildman–Crippen LogP) is 4.06. The molecule has 1 amide bonds. The average molecular weight is 448 g/mol. The SMILES string of the molecule is CCOC(=O)CCCCCCN1C(=O)CC[C@@H]1CCC(O)Cc1cccc(CCOC)c1. The highest BCUT2D eigenvalue weighted by molar-refractivity contribution is 5.78. The van der Waals surface area contributed by atoms with Gasteiger partial charge >= 0.3 is 5.97 Å². The molecule has 1 aromatic carbocycles. The number of nitrogens with zero attached hydrogens (tertiary/aromatic N) is 1. The van der Waals surface area contributed by atoms with Crippen molar-refractivity contribution in [1.82, 2.24) is 4.90 Å². The third-order valence-corrected chi connectivity index (χ3v) is 6.18. The number of aliphatic hydroxyl groups excluding tert-OH is 1. The van der Waals surface area contributed by atoms with Gasteiger partial charge in [0.25, 0.3) is 0 Å². The van der Waals surface area contributed by atoms with Gasteiger partial charge in [-0.1, -0.05) is 37.1 Å². The van der Waals surface area contributed by atoms with E-state index >= 15 is 0 Å². The van der Waals surface area contributed by atoms with Gasteiger partial charge in [0.05, 0.1) is 19.3 Å². The molecule has 1 aliphatic heterocycles. The standard InChI is InChI=1S/C26H41NO5/c1-3-32-26(30)11-6-4-5-7-17-27-23(13-15-25(27)29)12-14-24(28)20-22-10-8-9-21(19-22)16-18-31-2/h8-10,19,23-24,28H,3-7,11-18,20H2,1-2H3/t23-,24?/m0/s1. The minimum Gasteiger partial charge on any atom is -0.466 e. The second-order valence-corrected chi connectivity index (χ2v) is 8.75. The van der Waals surface area contributed by atoms with Crippen molar-refractivity contribution in [2.24, 2.45) is 0 Å². The van der Waals surface area contributed by atoms with Crippen molar-refractivity contribution >= 4 is 11.9 Å². The zero-order chi connectivity index (χ0) is 23.2. The highest BCUT2D eigenvalue weighted by Crippen LogP contribution is 2.24. The van der Waals surface area contributed by atoms with Crippen LogP contribution >= 0.6 is 0 Å². The fraction of sp³-hybridized carbons (Fsp3) is 0.692. The summed E-state index contributed by atoms with van der Waals surface area (Å²) in [6.45, 7) is 3.73. The van der Waals surface area contributed by atoms with Crippen LogP contribution in [0.2, 0.25) is 0 Å². The maximum atomic E-state index is 12.3. The van der Waals surface area contributed by atoms with E-state index in [1.54, 1.807) is 7.11 Å². The molecule has 32 heavy (non-hydrogen) atoms. The first-order valence-corrected chi connectivity index (χ1v) is 12.2. The number of carbonyl (C=O) groups excluding carboxylic acids is 2. The minimum absolute atomic E-state index is 0.123. The zero-order valence-corrected chi connectivity index (χ0v) is 19.9. The molecule has 1 fully saturated rings. The van der Waals surface area contributed by atoms with Gasteiger partial charge in [-0.3, -0.25) is 9.59 Å². The highest BCUT2D eigenvalue weighted by Gasteiger charge is 2.30. The largest absolute Gasteiger partial charge is 0.466 e. The number of methoxy groups -OCH3 is 1. The second-order valence-electron chi connectivity index (χ2n) is 8.75. The topological polar surface area (TPSA) is 76.1 Å². The number of aliphatic hydroxyl groups is 1. The average Bonchev–Trinajstić information content (AvgIpc) is 3.13. The number of amides is 1. The lowest BCUT2D eigenvalue weighted by molar-refractivity contribution is -0.143. The molecule has 0 aliphatic carbocycles. The van der Waals surface area contributed by atoms with Crippen molar-refractivity contribution in [3.8, 4) is 0 Å². The molecule has 0 saturated carbocycles. The van der Waals surface area contributed by atoms with Gasteiger partial charge in [-0.05, 0) is 63.0 Å². The number of rotatable bonds is 16. The van der Waals surface area contributed by atoms with Crippen LogP contribution in [-0.2, 0) is 31.9 Å². The van der Waals surface area contributed by atoms with Gasteiger partial charge in [0, 0.05) is 32.5 Å². The number of benzene rings is 1. The lowest BCUT2D eigenvalue weighted by Gasteiger charge is -2.26. The molecular formula is C26H41NO5. The zero-order valence-electron chi connectivity index (χ0n) is 19.9. The lowest BCUT2D eigenvalue weighted by atomic mass is 9.99. The minimum atomic E-state index is -0.395. The second kappa shape index (κ2) is 15.0. The summed E-state index contributed by atoms with van der Waals surface area (Å²) >= 11 is 0. The molecule has 6 nitrogen and oxygen atoms in total. The Morgan fingerprint density at radius 3 is 2.78 bits per heavy atom. The van der Waals surface area contributed by atoms with E-state index in [2.05, 4.69) is 18.2 Å². The summed E-state index contributed by atoms with van der Waals surface area (Å²) in [4.78, 5) is 25.7. The van der Waals surface area contributed by atoms with Crippen LogP contribution < -0.4 is 0 Å². The number of carbonyl (C=O) groups is 2. The molecule has 6 heteroatoms. The highest BCUT2D eigenvalue weighted by atomic mass is 16.5. The predicted molar refractivity (Wildman–Crippen MR) is 125 cm³/mol. The third kappa shape index (κ3) is 9.70. The molecule has 0 spiro atoms.